The van der Waals surface area contributed by atoms with Gasteiger partial charge in [-0.1, -0.05) is 48.0 Å². The van der Waals surface area contributed by atoms with E-state index in [1.807, 2.05) is 0 Å². The fraction of sp³-hybridized carbons (Fsp3) is 0.240. The van der Waals surface area contributed by atoms with Crippen LogP contribution in [0.15, 0.2) is 73.3 Å². The van der Waals surface area contributed by atoms with E-state index in [0.29, 0.717) is 22.3 Å². The van der Waals surface area contributed by atoms with Gasteiger partial charge in [0.1, 0.15) is 29.4 Å². The second kappa shape index (κ2) is 9.85. The Hall–Kier alpha value is -3.53. The lowest BCUT2D eigenvalue weighted by molar-refractivity contribution is -0.0565. The average Bonchev–Trinajstić information content (AvgIpc) is 3.42. The molecule has 0 saturated carbocycles. The summed E-state index contributed by atoms with van der Waals surface area (Å²) in [5.41, 5.74) is 1.49. The lowest BCUT2D eigenvalue weighted by atomic mass is 10.0. The quantitative estimate of drug-likeness (QED) is 0.206. The minimum atomic E-state index is -1.29. The van der Waals surface area contributed by atoms with Crippen molar-refractivity contribution in [3.05, 3.63) is 89.6 Å². The van der Waals surface area contributed by atoms with Crippen molar-refractivity contribution in [2.24, 2.45) is 0 Å². The van der Waals surface area contributed by atoms with Gasteiger partial charge in [0.25, 0.3) is 0 Å². The molecule has 0 spiro atoms. The summed E-state index contributed by atoms with van der Waals surface area (Å²) in [6, 6.07) is 17.1. The summed E-state index contributed by atoms with van der Waals surface area (Å²) in [5, 5.41) is 0.174. The van der Waals surface area contributed by atoms with Crippen LogP contribution in [-0.4, -0.2) is 55.1 Å². The van der Waals surface area contributed by atoms with E-state index in [1.54, 1.807) is 72.2 Å². The van der Waals surface area contributed by atoms with E-state index in [-0.39, 0.29) is 11.8 Å². The van der Waals surface area contributed by atoms with Crippen LogP contribution in [0, 0.1) is 0 Å². The number of benzene rings is 2. The van der Waals surface area contributed by atoms with Gasteiger partial charge in [-0.15, -0.1) is 11.6 Å². The van der Waals surface area contributed by atoms with Crippen molar-refractivity contribution in [2.75, 3.05) is 6.61 Å². The molecule has 0 bridgehead atoms. The number of halogens is 2. The van der Waals surface area contributed by atoms with Crippen molar-refractivity contribution in [3.63, 3.8) is 0 Å². The minimum absolute atomic E-state index is 0.174. The summed E-state index contributed by atoms with van der Waals surface area (Å²) in [6.45, 7) is 1.47. The number of nitrogens with zero attached hydrogens (tertiary/aromatic N) is 4. The Labute approximate surface area is 215 Å². The molecule has 0 radical (unpaired) electrons. The van der Waals surface area contributed by atoms with Gasteiger partial charge in [-0.25, -0.2) is 24.5 Å². The van der Waals surface area contributed by atoms with Crippen molar-refractivity contribution in [3.8, 4) is 0 Å². The van der Waals surface area contributed by atoms with Crippen LogP contribution in [0.3, 0.4) is 0 Å². The monoisotopic (exact) mass is 526 g/mol. The zero-order valence-electron chi connectivity index (χ0n) is 19.0. The van der Waals surface area contributed by atoms with Crippen LogP contribution in [0.5, 0.6) is 0 Å². The van der Waals surface area contributed by atoms with Crippen molar-refractivity contribution >= 4 is 46.3 Å². The highest BCUT2D eigenvalue weighted by Gasteiger charge is 2.57. The molecule has 0 aliphatic carbocycles. The first kappa shape index (κ1) is 24.2. The summed E-state index contributed by atoms with van der Waals surface area (Å²) in [4.78, 5) is 36.7. The maximum atomic E-state index is 12.9. The number of aromatic nitrogens is 4. The number of alkyl halides is 1. The van der Waals surface area contributed by atoms with Gasteiger partial charge in [0.15, 0.2) is 23.1 Å². The number of hydrogen-bond acceptors (Lipinski definition) is 8. The molecule has 4 unspecified atom stereocenters. The largest absolute Gasteiger partial charge is 0.459 e. The van der Waals surface area contributed by atoms with E-state index < -0.39 is 35.2 Å². The standard InChI is InChI=1S/C25H20Cl2N4O5/c1-25(27)19(36-23(33)16-10-6-3-7-11-16)17(12-34-22(32)15-8-4-2-5-9-15)35-24(25)31-14-30-18-20(26)28-13-29-21(18)31/h2-11,13-14,17,19,24H,12H2,1H3. The molecule has 4 atom stereocenters. The van der Waals surface area contributed by atoms with Crippen LogP contribution >= 0.6 is 23.2 Å². The molecule has 3 heterocycles. The molecule has 1 aliphatic heterocycles. The van der Waals surface area contributed by atoms with Crippen LogP contribution in [0.2, 0.25) is 5.15 Å². The molecule has 2 aromatic heterocycles. The van der Waals surface area contributed by atoms with E-state index >= 15 is 0 Å². The van der Waals surface area contributed by atoms with Crippen molar-refractivity contribution in [1.82, 2.24) is 19.5 Å². The minimum Gasteiger partial charge on any atom is -0.459 e. The molecule has 5 rings (SSSR count). The number of imidazole rings is 1. The first-order valence-electron chi connectivity index (χ1n) is 11.0. The third kappa shape index (κ3) is 4.53. The zero-order valence-corrected chi connectivity index (χ0v) is 20.5. The van der Waals surface area contributed by atoms with E-state index in [2.05, 4.69) is 15.0 Å². The molecule has 1 fully saturated rings. The topological polar surface area (TPSA) is 105 Å². The smallest absolute Gasteiger partial charge is 0.338 e. The third-order valence-electron chi connectivity index (χ3n) is 5.88. The van der Waals surface area contributed by atoms with Crippen molar-refractivity contribution < 1.29 is 23.8 Å². The Morgan fingerprint density at radius 3 is 2.31 bits per heavy atom. The number of carbonyl (C=O) groups is 2. The van der Waals surface area contributed by atoms with Crippen molar-refractivity contribution in [1.29, 1.82) is 0 Å². The fourth-order valence-corrected chi connectivity index (χ4v) is 4.62. The van der Waals surface area contributed by atoms with Gasteiger partial charge in [-0.2, -0.15) is 0 Å². The van der Waals surface area contributed by atoms with Gasteiger partial charge < -0.3 is 14.2 Å². The normalized spacial score (nSPS) is 23.5. The molecule has 1 saturated heterocycles. The summed E-state index contributed by atoms with van der Waals surface area (Å²) in [7, 11) is 0. The Morgan fingerprint density at radius 1 is 1.00 bits per heavy atom. The summed E-state index contributed by atoms with van der Waals surface area (Å²) >= 11 is 13.2. The van der Waals surface area contributed by atoms with Gasteiger partial charge >= 0.3 is 11.9 Å². The summed E-state index contributed by atoms with van der Waals surface area (Å²) in [6.07, 6.45) is 0.0207. The molecule has 184 valence electrons. The van der Waals surface area contributed by atoms with Crippen LogP contribution < -0.4 is 0 Å². The zero-order chi connectivity index (χ0) is 25.3. The molecule has 0 amide bonds. The lowest BCUT2D eigenvalue weighted by Gasteiger charge is -2.29. The highest BCUT2D eigenvalue weighted by atomic mass is 35.5. The number of fused-ring (bicyclic) bond motifs is 1. The number of carbonyl (C=O) groups excluding carboxylic acids is 2. The van der Waals surface area contributed by atoms with E-state index in [4.69, 9.17) is 37.4 Å². The van der Waals surface area contributed by atoms with Gasteiger partial charge in [0, 0.05) is 0 Å². The molecule has 1 aliphatic rings. The Bertz CT molecular complexity index is 1400. The van der Waals surface area contributed by atoms with Gasteiger partial charge in [0.05, 0.1) is 17.5 Å². The molecule has 36 heavy (non-hydrogen) atoms. The Morgan fingerprint density at radius 2 is 1.64 bits per heavy atom. The highest BCUT2D eigenvalue weighted by molar-refractivity contribution is 6.33. The average molecular weight is 527 g/mol. The highest BCUT2D eigenvalue weighted by Crippen LogP contribution is 2.46. The predicted octanol–water partition coefficient (Wildman–Crippen LogP) is 4.46. The van der Waals surface area contributed by atoms with Crippen LogP contribution in [0.4, 0.5) is 0 Å². The molecule has 2 aromatic carbocycles. The van der Waals surface area contributed by atoms with Gasteiger partial charge in [0.2, 0.25) is 0 Å². The number of hydrogen-bond donors (Lipinski definition) is 0. The third-order valence-corrected chi connectivity index (χ3v) is 6.56. The second-order valence-corrected chi connectivity index (χ2v) is 9.50. The molecule has 0 N–H and O–H groups in total. The first-order valence-corrected chi connectivity index (χ1v) is 11.8. The molecular formula is C25H20Cl2N4O5. The van der Waals surface area contributed by atoms with Crippen LogP contribution in [0.1, 0.15) is 33.9 Å². The second-order valence-electron chi connectivity index (χ2n) is 8.32. The number of rotatable bonds is 6. The van der Waals surface area contributed by atoms with E-state index in [1.165, 1.54) is 12.7 Å². The Kier molecular flexibility index (Phi) is 6.61. The first-order chi connectivity index (χ1) is 17.4. The van der Waals surface area contributed by atoms with Gasteiger partial charge in [-0.3, -0.25) is 4.57 Å². The molecular weight excluding hydrogens is 507 g/mol. The predicted molar refractivity (Wildman–Crippen MR) is 131 cm³/mol. The number of ether oxygens (including phenoxy) is 3. The Balaban J connectivity index is 1.45. The molecule has 4 aromatic rings. The lowest BCUT2D eigenvalue weighted by Crippen LogP contribution is -2.43. The summed E-state index contributed by atoms with van der Waals surface area (Å²) in [5.74, 6) is -1.13. The number of esters is 2. The maximum Gasteiger partial charge on any atom is 0.338 e. The van der Waals surface area contributed by atoms with Crippen LogP contribution in [0.25, 0.3) is 11.2 Å². The van der Waals surface area contributed by atoms with E-state index in [0.717, 1.165) is 0 Å². The maximum absolute atomic E-state index is 12.9. The molecule has 9 nitrogen and oxygen atoms in total. The summed E-state index contributed by atoms with van der Waals surface area (Å²) < 4.78 is 19.2. The SMILES string of the molecule is CC1(Cl)C(OC(=O)c2ccccc2)C(COC(=O)c2ccccc2)OC1n1cnc2c(Cl)ncnc21. The molecule has 11 heteroatoms. The van der Waals surface area contributed by atoms with Crippen molar-refractivity contribution in [2.45, 2.75) is 30.2 Å². The van der Waals surface area contributed by atoms with Gasteiger partial charge in [-0.05, 0) is 31.2 Å². The van der Waals surface area contributed by atoms with Crippen LogP contribution in [-0.2, 0) is 14.2 Å². The fourth-order valence-electron chi connectivity index (χ4n) is 4.10. The van der Waals surface area contributed by atoms with E-state index in [9.17, 15) is 9.59 Å².